The molecule has 0 fully saturated rings. The maximum atomic E-state index is 13.1. The van der Waals surface area contributed by atoms with Crippen molar-refractivity contribution in [2.45, 2.75) is 13.0 Å². The van der Waals surface area contributed by atoms with E-state index in [1.165, 1.54) is 6.33 Å². The van der Waals surface area contributed by atoms with Gasteiger partial charge in [-0.25, -0.2) is 9.48 Å². The number of benzene rings is 2. The van der Waals surface area contributed by atoms with Crippen LogP contribution in [0.25, 0.3) is 5.70 Å². The molecule has 154 valence electrons. The summed E-state index contributed by atoms with van der Waals surface area (Å²) in [6.07, 6.45) is 1.45. The van der Waals surface area contributed by atoms with Crippen LogP contribution in [0.1, 0.15) is 24.1 Å². The van der Waals surface area contributed by atoms with Crippen molar-refractivity contribution in [1.29, 1.82) is 0 Å². The topological polar surface area (TPSA) is 87.5 Å². The van der Waals surface area contributed by atoms with Crippen molar-refractivity contribution < 1.29 is 19.0 Å². The highest BCUT2D eigenvalue weighted by Gasteiger charge is 2.36. The van der Waals surface area contributed by atoms with E-state index >= 15 is 0 Å². The zero-order valence-corrected chi connectivity index (χ0v) is 17.0. The summed E-state index contributed by atoms with van der Waals surface area (Å²) in [5, 5.41) is 7.61. The molecule has 0 amide bonds. The summed E-state index contributed by atoms with van der Waals surface area (Å²) in [6, 6.07) is 14.6. The molecule has 0 aliphatic carbocycles. The molecule has 4 rings (SSSR count). The summed E-state index contributed by atoms with van der Waals surface area (Å²) in [5.41, 5.74) is 2.71. The monoisotopic (exact) mass is 406 g/mol. The fraction of sp³-hybridized carbons (Fsp3) is 0.227. The van der Waals surface area contributed by atoms with Crippen LogP contribution in [-0.2, 0) is 9.53 Å². The standard InChI is InChI=1S/C22H22N4O4/c1-4-30-21(27)18-19(14-8-6-5-7-9-14)25-22-23-13-24-26(22)20(18)15-10-11-16(28-2)17(12-15)29-3/h5-13,20H,4H2,1-3H3,(H,23,24,25)/t20-/m0/s1. The van der Waals surface area contributed by atoms with Crippen LogP contribution in [0.15, 0.2) is 60.4 Å². The number of hydrogen-bond acceptors (Lipinski definition) is 7. The maximum absolute atomic E-state index is 13.1. The van der Waals surface area contributed by atoms with E-state index in [2.05, 4.69) is 15.4 Å². The minimum atomic E-state index is -0.558. The molecular weight excluding hydrogens is 384 g/mol. The lowest BCUT2D eigenvalue weighted by molar-refractivity contribution is -0.138. The number of methoxy groups -OCH3 is 2. The number of carbonyl (C=O) groups is 1. The predicted molar refractivity (Wildman–Crippen MR) is 111 cm³/mol. The second kappa shape index (κ2) is 8.28. The quantitative estimate of drug-likeness (QED) is 0.629. The van der Waals surface area contributed by atoms with Gasteiger partial charge in [-0.1, -0.05) is 36.4 Å². The lowest BCUT2D eigenvalue weighted by Crippen LogP contribution is -2.30. The lowest BCUT2D eigenvalue weighted by atomic mass is 9.92. The van der Waals surface area contributed by atoms with E-state index in [9.17, 15) is 4.79 Å². The molecule has 0 radical (unpaired) electrons. The molecule has 2 heterocycles. The Morgan fingerprint density at radius 2 is 1.87 bits per heavy atom. The number of hydrogen-bond donors (Lipinski definition) is 1. The Labute approximate surface area is 174 Å². The molecule has 0 spiro atoms. The summed E-state index contributed by atoms with van der Waals surface area (Å²) < 4.78 is 17.9. The Kier molecular flexibility index (Phi) is 5.38. The fourth-order valence-corrected chi connectivity index (χ4v) is 3.55. The van der Waals surface area contributed by atoms with Crippen LogP contribution in [0.2, 0.25) is 0 Å². The number of esters is 1. The highest BCUT2D eigenvalue weighted by molar-refractivity contribution is 6.02. The van der Waals surface area contributed by atoms with E-state index in [0.717, 1.165) is 11.1 Å². The highest BCUT2D eigenvalue weighted by Crippen LogP contribution is 2.41. The first kappa shape index (κ1) is 19.5. The van der Waals surface area contributed by atoms with Gasteiger partial charge in [-0.2, -0.15) is 10.1 Å². The average Bonchev–Trinajstić information content (AvgIpc) is 3.26. The maximum Gasteiger partial charge on any atom is 0.338 e. The molecular formula is C22H22N4O4. The third-order valence-electron chi connectivity index (χ3n) is 4.88. The zero-order chi connectivity index (χ0) is 21.1. The average molecular weight is 406 g/mol. The summed E-state index contributed by atoms with van der Waals surface area (Å²) in [5.74, 6) is 1.25. The van der Waals surface area contributed by atoms with E-state index in [0.29, 0.717) is 28.7 Å². The van der Waals surface area contributed by atoms with Crippen molar-refractivity contribution in [2.75, 3.05) is 26.1 Å². The molecule has 1 aliphatic rings. The molecule has 0 bridgehead atoms. The summed E-state index contributed by atoms with van der Waals surface area (Å²) in [7, 11) is 3.15. The largest absolute Gasteiger partial charge is 0.493 e. The molecule has 1 atom stereocenters. The SMILES string of the molecule is CCOC(=O)C1=C(c2ccccc2)Nc2ncnn2[C@H]1c1ccc(OC)c(OC)c1. The van der Waals surface area contributed by atoms with Crippen LogP contribution in [0.5, 0.6) is 11.5 Å². The normalized spacial score (nSPS) is 15.2. The zero-order valence-electron chi connectivity index (χ0n) is 17.0. The van der Waals surface area contributed by atoms with Crippen molar-refractivity contribution in [3.8, 4) is 11.5 Å². The van der Waals surface area contributed by atoms with E-state index in [1.54, 1.807) is 31.9 Å². The molecule has 1 aliphatic heterocycles. The van der Waals surface area contributed by atoms with Crippen molar-refractivity contribution in [3.63, 3.8) is 0 Å². The van der Waals surface area contributed by atoms with Gasteiger partial charge in [0.15, 0.2) is 11.5 Å². The van der Waals surface area contributed by atoms with E-state index in [-0.39, 0.29) is 6.61 Å². The number of ether oxygens (including phenoxy) is 3. The van der Waals surface area contributed by atoms with Crippen molar-refractivity contribution in [1.82, 2.24) is 14.8 Å². The molecule has 1 N–H and O–H groups in total. The number of carbonyl (C=O) groups excluding carboxylic acids is 1. The van der Waals surface area contributed by atoms with Gasteiger partial charge in [0, 0.05) is 0 Å². The van der Waals surface area contributed by atoms with Gasteiger partial charge in [-0.05, 0) is 30.2 Å². The third kappa shape index (κ3) is 3.36. The molecule has 2 aromatic carbocycles. The number of fused-ring (bicyclic) bond motifs is 1. The second-order valence-corrected chi connectivity index (χ2v) is 6.55. The van der Waals surface area contributed by atoms with E-state index in [4.69, 9.17) is 14.2 Å². The first-order valence-corrected chi connectivity index (χ1v) is 9.53. The Morgan fingerprint density at radius 1 is 1.10 bits per heavy atom. The molecule has 0 saturated heterocycles. The Balaban J connectivity index is 1.96. The van der Waals surface area contributed by atoms with Gasteiger partial charge >= 0.3 is 5.97 Å². The number of aromatic nitrogens is 3. The number of nitrogens with one attached hydrogen (secondary N) is 1. The minimum absolute atomic E-state index is 0.257. The second-order valence-electron chi connectivity index (χ2n) is 6.55. The lowest BCUT2D eigenvalue weighted by Gasteiger charge is -2.29. The molecule has 30 heavy (non-hydrogen) atoms. The molecule has 0 saturated carbocycles. The minimum Gasteiger partial charge on any atom is -0.493 e. The van der Waals surface area contributed by atoms with Gasteiger partial charge in [0.25, 0.3) is 0 Å². The van der Waals surface area contributed by atoms with Crippen LogP contribution in [0, 0.1) is 0 Å². The molecule has 8 heteroatoms. The van der Waals surface area contributed by atoms with Crippen molar-refractivity contribution in [3.05, 3.63) is 71.6 Å². The van der Waals surface area contributed by atoms with Crippen LogP contribution in [-0.4, -0.2) is 41.6 Å². The predicted octanol–water partition coefficient (Wildman–Crippen LogP) is 3.28. The van der Waals surface area contributed by atoms with E-state index < -0.39 is 12.0 Å². The molecule has 8 nitrogen and oxygen atoms in total. The first-order chi connectivity index (χ1) is 14.7. The first-order valence-electron chi connectivity index (χ1n) is 9.53. The van der Waals surface area contributed by atoms with Crippen LogP contribution in [0.3, 0.4) is 0 Å². The van der Waals surface area contributed by atoms with E-state index in [1.807, 2.05) is 42.5 Å². The third-order valence-corrected chi connectivity index (χ3v) is 4.88. The van der Waals surface area contributed by atoms with Gasteiger partial charge < -0.3 is 19.5 Å². The summed E-state index contributed by atoms with van der Waals surface area (Å²) in [6.45, 7) is 2.04. The Bertz CT molecular complexity index is 1090. The molecule has 0 unspecified atom stereocenters. The number of anilines is 1. The van der Waals surface area contributed by atoms with Gasteiger partial charge in [0.2, 0.25) is 5.95 Å². The summed E-state index contributed by atoms with van der Waals surface area (Å²) >= 11 is 0. The Morgan fingerprint density at radius 3 is 2.57 bits per heavy atom. The smallest absolute Gasteiger partial charge is 0.338 e. The molecule has 3 aromatic rings. The summed E-state index contributed by atoms with van der Waals surface area (Å²) in [4.78, 5) is 17.5. The fourth-order valence-electron chi connectivity index (χ4n) is 3.55. The van der Waals surface area contributed by atoms with Crippen molar-refractivity contribution >= 4 is 17.6 Å². The van der Waals surface area contributed by atoms with Crippen molar-refractivity contribution in [2.24, 2.45) is 0 Å². The van der Waals surface area contributed by atoms with Crippen LogP contribution in [0.4, 0.5) is 5.95 Å². The molecule has 1 aromatic heterocycles. The van der Waals surface area contributed by atoms with Gasteiger partial charge in [-0.3, -0.25) is 0 Å². The highest BCUT2D eigenvalue weighted by atomic mass is 16.5. The number of nitrogens with zero attached hydrogens (tertiary/aromatic N) is 3. The number of rotatable bonds is 6. The Hall–Kier alpha value is -3.81. The van der Waals surface area contributed by atoms with Gasteiger partial charge in [0.05, 0.1) is 32.1 Å². The van der Waals surface area contributed by atoms with Gasteiger partial charge in [-0.15, -0.1) is 0 Å². The van der Waals surface area contributed by atoms with Crippen LogP contribution < -0.4 is 14.8 Å². The van der Waals surface area contributed by atoms with Crippen LogP contribution >= 0.6 is 0 Å². The van der Waals surface area contributed by atoms with Gasteiger partial charge in [0.1, 0.15) is 12.4 Å².